The lowest BCUT2D eigenvalue weighted by Crippen LogP contribution is -2.23. The molecule has 6 nitrogen and oxygen atoms in total. The fraction of sp³-hybridized carbons (Fsp3) is 0.240. The number of sulfonamides is 1. The molecule has 1 aliphatic rings. The second-order valence-electron chi connectivity index (χ2n) is 7.99. The van der Waals surface area contributed by atoms with Crippen molar-refractivity contribution in [3.8, 4) is 0 Å². The van der Waals surface area contributed by atoms with Gasteiger partial charge in [0.15, 0.2) is 0 Å². The Hall–Kier alpha value is -3.32. The molecule has 1 amide bonds. The van der Waals surface area contributed by atoms with E-state index in [1.54, 1.807) is 24.3 Å². The summed E-state index contributed by atoms with van der Waals surface area (Å²) in [5.74, 6) is -0.318. The number of rotatable bonds is 7. The maximum atomic E-state index is 12.8. The molecule has 0 unspecified atom stereocenters. The Morgan fingerprint density at radius 1 is 0.938 bits per heavy atom. The van der Waals surface area contributed by atoms with Crippen molar-refractivity contribution >= 4 is 27.3 Å². The second kappa shape index (κ2) is 9.44. The van der Waals surface area contributed by atoms with Gasteiger partial charge in [-0.25, -0.2) is 8.42 Å². The molecule has 2 N–H and O–H groups in total. The van der Waals surface area contributed by atoms with Gasteiger partial charge in [-0.05, 0) is 67.3 Å². The van der Waals surface area contributed by atoms with Gasteiger partial charge in [-0.15, -0.1) is 0 Å². The van der Waals surface area contributed by atoms with E-state index in [1.165, 1.54) is 30.7 Å². The van der Waals surface area contributed by atoms with E-state index in [-0.39, 0.29) is 10.8 Å². The number of aryl methyl sites for hydroxylation is 1. The Bertz CT molecular complexity index is 1200. The van der Waals surface area contributed by atoms with Gasteiger partial charge in [0.2, 0.25) is 0 Å². The van der Waals surface area contributed by atoms with Crippen LogP contribution in [0.25, 0.3) is 0 Å². The lowest BCUT2D eigenvalue weighted by molar-refractivity contribution is 0.0950. The lowest BCUT2D eigenvalue weighted by Gasteiger charge is -2.17. The highest BCUT2D eigenvalue weighted by Crippen LogP contribution is 2.21. The zero-order valence-electron chi connectivity index (χ0n) is 18.0. The van der Waals surface area contributed by atoms with Gasteiger partial charge in [-0.3, -0.25) is 9.52 Å². The number of carbonyl (C=O) groups excluding carboxylic acids is 1. The van der Waals surface area contributed by atoms with Crippen LogP contribution in [-0.4, -0.2) is 27.4 Å². The normalized spacial score (nSPS) is 13.7. The predicted octanol–water partition coefficient (Wildman–Crippen LogP) is 4.33. The molecule has 1 saturated heterocycles. The summed E-state index contributed by atoms with van der Waals surface area (Å²) in [5, 5.41) is 2.87. The molecular weight excluding hydrogens is 422 g/mol. The van der Waals surface area contributed by atoms with Crippen molar-refractivity contribution in [2.75, 3.05) is 22.7 Å². The zero-order valence-corrected chi connectivity index (χ0v) is 18.9. The van der Waals surface area contributed by atoms with Crippen LogP contribution >= 0.6 is 0 Å². The van der Waals surface area contributed by atoms with E-state index in [4.69, 9.17) is 0 Å². The molecule has 166 valence electrons. The van der Waals surface area contributed by atoms with Crippen LogP contribution < -0.4 is 14.9 Å². The lowest BCUT2D eigenvalue weighted by atomic mass is 10.1. The van der Waals surface area contributed by atoms with E-state index < -0.39 is 10.0 Å². The van der Waals surface area contributed by atoms with Crippen LogP contribution in [0.5, 0.6) is 0 Å². The Labute approximate surface area is 189 Å². The number of benzene rings is 3. The monoisotopic (exact) mass is 449 g/mol. The summed E-state index contributed by atoms with van der Waals surface area (Å²) in [6, 6.07) is 21.4. The molecule has 0 aromatic heterocycles. The molecule has 32 heavy (non-hydrogen) atoms. The van der Waals surface area contributed by atoms with Crippen LogP contribution in [0.2, 0.25) is 0 Å². The molecule has 4 rings (SSSR count). The summed E-state index contributed by atoms with van der Waals surface area (Å²) in [5.41, 5.74) is 3.83. The van der Waals surface area contributed by atoms with Gasteiger partial charge in [0.05, 0.1) is 10.6 Å². The van der Waals surface area contributed by atoms with E-state index in [0.717, 1.165) is 24.2 Å². The van der Waals surface area contributed by atoms with Crippen molar-refractivity contribution in [2.24, 2.45) is 0 Å². The van der Waals surface area contributed by atoms with Gasteiger partial charge >= 0.3 is 0 Å². The number of amides is 1. The largest absolute Gasteiger partial charge is 0.372 e. The predicted molar refractivity (Wildman–Crippen MR) is 127 cm³/mol. The van der Waals surface area contributed by atoms with Crippen LogP contribution in [0.1, 0.15) is 34.3 Å². The first-order chi connectivity index (χ1) is 15.4. The van der Waals surface area contributed by atoms with E-state index in [2.05, 4.69) is 27.1 Å². The molecule has 1 aliphatic heterocycles. The topological polar surface area (TPSA) is 78.5 Å². The van der Waals surface area contributed by atoms with E-state index in [9.17, 15) is 13.2 Å². The SMILES string of the molecule is Cc1ccccc1NS(=O)(=O)c1cccc(C(=O)NCc2ccc(N3CCCC3)cc2)c1. The smallest absolute Gasteiger partial charge is 0.261 e. The first kappa shape index (κ1) is 21.9. The number of nitrogens with one attached hydrogen (secondary N) is 2. The van der Waals surface area contributed by atoms with Crippen molar-refractivity contribution in [2.45, 2.75) is 31.2 Å². The molecule has 0 saturated carbocycles. The number of hydrogen-bond acceptors (Lipinski definition) is 4. The van der Waals surface area contributed by atoms with E-state index >= 15 is 0 Å². The van der Waals surface area contributed by atoms with E-state index in [1.807, 2.05) is 31.2 Å². The van der Waals surface area contributed by atoms with Gasteiger partial charge in [0.25, 0.3) is 15.9 Å². The third-order valence-electron chi connectivity index (χ3n) is 5.66. The van der Waals surface area contributed by atoms with Gasteiger partial charge in [0, 0.05) is 30.9 Å². The van der Waals surface area contributed by atoms with E-state index in [0.29, 0.717) is 17.8 Å². The van der Waals surface area contributed by atoms with Gasteiger partial charge < -0.3 is 10.2 Å². The summed E-state index contributed by atoms with van der Waals surface area (Å²) in [4.78, 5) is 15.1. The standard InChI is InChI=1S/C25H27N3O3S/c1-19-7-2-3-10-24(19)27-32(30,31)23-9-6-8-21(17-23)25(29)26-18-20-11-13-22(14-12-20)28-15-4-5-16-28/h2-3,6-14,17,27H,4-5,15-16,18H2,1H3,(H,26,29). The summed E-state index contributed by atoms with van der Waals surface area (Å²) >= 11 is 0. The number of anilines is 2. The first-order valence-corrected chi connectivity index (χ1v) is 12.2. The molecule has 0 radical (unpaired) electrons. The summed E-state index contributed by atoms with van der Waals surface area (Å²) in [6.07, 6.45) is 2.46. The number of carbonyl (C=O) groups is 1. The van der Waals surface area contributed by atoms with Crippen molar-refractivity contribution in [3.63, 3.8) is 0 Å². The number of nitrogens with zero attached hydrogens (tertiary/aromatic N) is 1. The minimum Gasteiger partial charge on any atom is -0.372 e. The number of para-hydroxylation sites is 1. The molecule has 0 spiro atoms. The minimum atomic E-state index is -3.81. The molecule has 1 heterocycles. The van der Waals surface area contributed by atoms with Crippen LogP contribution in [0, 0.1) is 6.92 Å². The molecule has 1 fully saturated rings. The molecule has 0 bridgehead atoms. The summed E-state index contributed by atoms with van der Waals surface area (Å²) < 4.78 is 28.2. The highest BCUT2D eigenvalue weighted by atomic mass is 32.2. The highest BCUT2D eigenvalue weighted by Gasteiger charge is 2.17. The minimum absolute atomic E-state index is 0.0448. The molecule has 3 aromatic rings. The van der Waals surface area contributed by atoms with Gasteiger partial charge in [-0.1, -0.05) is 36.4 Å². The van der Waals surface area contributed by atoms with Crippen molar-refractivity contribution in [1.82, 2.24) is 5.32 Å². The highest BCUT2D eigenvalue weighted by molar-refractivity contribution is 7.92. The summed E-state index contributed by atoms with van der Waals surface area (Å²) in [6.45, 7) is 4.39. The van der Waals surface area contributed by atoms with Gasteiger partial charge in [0.1, 0.15) is 0 Å². The van der Waals surface area contributed by atoms with Crippen LogP contribution in [0.15, 0.2) is 77.7 Å². The Balaban J connectivity index is 1.41. The molecular formula is C25H27N3O3S. The maximum absolute atomic E-state index is 12.8. The van der Waals surface area contributed by atoms with Crippen LogP contribution in [0.4, 0.5) is 11.4 Å². The fourth-order valence-corrected chi connectivity index (χ4v) is 4.96. The maximum Gasteiger partial charge on any atom is 0.261 e. The van der Waals surface area contributed by atoms with Gasteiger partial charge in [-0.2, -0.15) is 0 Å². The Morgan fingerprint density at radius 2 is 1.66 bits per heavy atom. The molecule has 0 aliphatic carbocycles. The van der Waals surface area contributed by atoms with Crippen LogP contribution in [0.3, 0.4) is 0 Å². The molecule has 3 aromatic carbocycles. The molecule has 7 heteroatoms. The summed E-state index contributed by atoms with van der Waals surface area (Å²) in [7, 11) is -3.81. The quantitative estimate of drug-likeness (QED) is 0.563. The first-order valence-electron chi connectivity index (χ1n) is 10.7. The van der Waals surface area contributed by atoms with Crippen molar-refractivity contribution in [1.29, 1.82) is 0 Å². The molecule has 0 atom stereocenters. The number of hydrogen-bond donors (Lipinski definition) is 2. The van der Waals surface area contributed by atoms with Crippen LogP contribution in [-0.2, 0) is 16.6 Å². The Morgan fingerprint density at radius 3 is 2.38 bits per heavy atom. The van der Waals surface area contributed by atoms with Crippen molar-refractivity contribution in [3.05, 3.63) is 89.5 Å². The average Bonchev–Trinajstić information content (AvgIpc) is 3.34. The third kappa shape index (κ3) is 5.11. The van der Waals surface area contributed by atoms with Crippen molar-refractivity contribution < 1.29 is 13.2 Å². The Kier molecular flexibility index (Phi) is 6.46. The second-order valence-corrected chi connectivity index (χ2v) is 9.67. The zero-order chi connectivity index (χ0) is 22.6. The third-order valence-corrected chi connectivity index (χ3v) is 7.02. The average molecular weight is 450 g/mol. The fourth-order valence-electron chi connectivity index (χ4n) is 3.78.